The summed E-state index contributed by atoms with van der Waals surface area (Å²) in [5.41, 5.74) is 10.5. The standard InChI is InChI=1S/C35H38FN7O4S/c1-19(40-48(45,46)25-10-7-23(36)8-11-25)27-12-6-21-15-30(42(33(21)38-27)18-20-4-5-20)34-39-28-14-22(16-31(47-3)32(28)41(34)2)35(44)43-24-9-13-29(43)26(37)17-24/h6-8,10-12,14-16,19-20,24,26,29,40H,4-5,9,13,17-18,37H2,1-3H3/t19-,24+,26-,29-/m1/s1. The van der Waals surface area contributed by atoms with Gasteiger partial charge < -0.3 is 24.5 Å². The SMILES string of the molecule is COc1cc(C(=O)N2[C@H]3CC[C@@H]2[C@H](N)C3)cc2nc(-c3cc4ccc([C@@H](C)NS(=O)(=O)c5ccc(F)cc5)nc4n3CC3CC3)n(C)c12. The first-order chi connectivity index (χ1) is 23.0. The van der Waals surface area contributed by atoms with Crippen LogP contribution in [0.4, 0.5) is 4.39 Å². The lowest BCUT2D eigenvalue weighted by molar-refractivity contribution is 0.0726. The molecule has 2 saturated heterocycles. The first-order valence-electron chi connectivity index (χ1n) is 16.4. The maximum atomic E-state index is 13.8. The van der Waals surface area contributed by atoms with Gasteiger partial charge in [-0.2, -0.15) is 0 Å². The molecule has 2 aromatic carbocycles. The quantitative estimate of drug-likeness (QED) is 0.228. The molecular weight excluding hydrogens is 633 g/mol. The van der Waals surface area contributed by atoms with Crippen LogP contribution >= 0.6 is 0 Å². The topological polar surface area (TPSA) is 137 Å². The van der Waals surface area contributed by atoms with E-state index in [1.54, 1.807) is 20.1 Å². The Balaban J connectivity index is 1.17. The van der Waals surface area contributed by atoms with Crippen LogP contribution in [0.15, 0.2) is 59.5 Å². The van der Waals surface area contributed by atoms with Crippen molar-refractivity contribution in [2.24, 2.45) is 18.7 Å². The molecule has 0 radical (unpaired) electrons. The molecule has 0 unspecified atom stereocenters. The number of fused-ring (bicyclic) bond motifs is 4. The fourth-order valence-electron chi connectivity index (χ4n) is 7.61. The third-order valence-corrected chi connectivity index (χ3v) is 11.8. The number of nitrogens with two attached hydrogens (primary N) is 1. The Kier molecular flexibility index (Phi) is 7.35. The fraction of sp³-hybridized carbons (Fsp3) is 0.400. The minimum Gasteiger partial charge on any atom is -0.494 e. The molecule has 3 N–H and O–H groups in total. The zero-order valence-corrected chi connectivity index (χ0v) is 27.9. The number of halogens is 1. The zero-order valence-electron chi connectivity index (χ0n) is 27.1. The molecule has 4 atom stereocenters. The van der Waals surface area contributed by atoms with E-state index in [1.807, 2.05) is 34.7 Å². The monoisotopic (exact) mass is 671 g/mol. The minimum atomic E-state index is -3.90. The predicted octanol–water partition coefficient (Wildman–Crippen LogP) is 4.89. The maximum absolute atomic E-state index is 13.8. The summed E-state index contributed by atoms with van der Waals surface area (Å²) in [6, 6.07) is 13.8. The van der Waals surface area contributed by atoms with Crippen molar-refractivity contribution in [3.63, 3.8) is 0 Å². The molecule has 2 aliphatic heterocycles. The van der Waals surface area contributed by atoms with Crippen LogP contribution in [0.25, 0.3) is 33.6 Å². The second-order valence-electron chi connectivity index (χ2n) is 13.5. The Morgan fingerprint density at radius 3 is 2.52 bits per heavy atom. The van der Waals surface area contributed by atoms with Gasteiger partial charge in [-0.15, -0.1) is 0 Å². The van der Waals surface area contributed by atoms with Crippen LogP contribution in [0, 0.1) is 11.7 Å². The van der Waals surface area contributed by atoms with Gasteiger partial charge in [0, 0.05) is 42.7 Å². The van der Waals surface area contributed by atoms with Gasteiger partial charge in [-0.05, 0) is 99.5 Å². The number of methoxy groups -OCH3 is 1. The van der Waals surface area contributed by atoms with Crippen LogP contribution in [0.5, 0.6) is 5.75 Å². The number of nitrogens with zero attached hydrogens (tertiary/aromatic N) is 5. The molecule has 1 saturated carbocycles. The number of benzene rings is 2. The average molecular weight is 672 g/mol. The van der Waals surface area contributed by atoms with E-state index in [2.05, 4.69) is 15.4 Å². The Morgan fingerprint density at radius 2 is 1.85 bits per heavy atom. The number of rotatable bonds is 9. The van der Waals surface area contributed by atoms with Gasteiger partial charge in [0.05, 0.1) is 35.0 Å². The van der Waals surface area contributed by atoms with Gasteiger partial charge in [0.25, 0.3) is 5.91 Å². The van der Waals surface area contributed by atoms with Crippen LogP contribution in [0.2, 0.25) is 0 Å². The van der Waals surface area contributed by atoms with E-state index in [9.17, 15) is 17.6 Å². The third kappa shape index (κ3) is 5.15. The number of sulfonamides is 1. The van der Waals surface area contributed by atoms with Crippen molar-refractivity contribution in [3.8, 4) is 17.3 Å². The number of imidazole rings is 1. The Bertz CT molecular complexity index is 2190. The van der Waals surface area contributed by atoms with Crippen molar-refractivity contribution in [2.45, 2.75) is 74.6 Å². The maximum Gasteiger partial charge on any atom is 0.254 e. The van der Waals surface area contributed by atoms with Crippen molar-refractivity contribution < 1.29 is 22.3 Å². The molecule has 3 aliphatic rings. The molecule has 13 heteroatoms. The lowest BCUT2D eigenvalue weighted by atomic mass is 9.97. The Morgan fingerprint density at radius 1 is 1.08 bits per heavy atom. The second kappa shape index (κ2) is 11.4. The zero-order chi connectivity index (χ0) is 33.5. The number of pyridine rings is 1. The van der Waals surface area contributed by atoms with E-state index in [4.69, 9.17) is 20.4 Å². The van der Waals surface area contributed by atoms with Crippen molar-refractivity contribution in [3.05, 3.63) is 71.7 Å². The van der Waals surface area contributed by atoms with E-state index < -0.39 is 21.9 Å². The van der Waals surface area contributed by atoms with Crippen LogP contribution in [-0.4, -0.2) is 63.6 Å². The number of carbonyl (C=O) groups is 1. The molecular formula is C35H38FN7O4S. The Labute approximate surface area is 277 Å². The number of ether oxygens (including phenoxy) is 1. The van der Waals surface area contributed by atoms with Crippen LogP contribution in [-0.2, 0) is 23.6 Å². The van der Waals surface area contributed by atoms with Crippen molar-refractivity contribution >= 4 is 38.0 Å². The number of nitrogens with one attached hydrogen (secondary N) is 1. The van der Waals surface area contributed by atoms with Gasteiger partial charge in [0.1, 0.15) is 22.7 Å². The van der Waals surface area contributed by atoms with Crippen LogP contribution < -0.4 is 15.2 Å². The van der Waals surface area contributed by atoms with Crippen molar-refractivity contribution in [1.82, 2.24) is 28.7 Å². The normalized spacial score (nSPS) is 21.4. The predicted molar refractivity (Wildman–Crippen MR) is 179 cm³/mol. The van der Waals surface area contributed by atoms with E-state index in [0.29, 0.717) is 34.3 Å². The summed E-state index contributed by atoms with van der Waals surface area (Å²) in [5.74, 6) is 1.25. The number of carbonyl (C=O) groups excluding carboxylic acids is 1. The van der Waals surface area contributed by atoms with Gasteiger partial charge in [-0.3, -0.25) is 4.79 Å². The van der Waals surface area contributed by atoms with Gasteiger partial charge in [-0.1, -0.05) is 0 Å². The molecule has 1 aliphatic carbocycles. The highest BCUT2D eigenvalue weighted by atomic mass is 32.2. The average Bonchev–Trinajstić information content (AvgIpc) is 3.38. The summed E-state index contributed by atoms with van der Waals surface area (Å²) in [5, 5.41) is 0.902. The molecule has 0 spiro atoms. The molecule has 3 aromatic heterocycles. The highest BCUT2D eigenvalue weighted by Crippen LogP contribution is 2.40. The second-order valence-corrected chi connectivity index (χ2v) is 15.2. The van der Waals surface area contributed by atoms with Crippen molar-refractivity contribution in [2.75, 3.05) is 7.11 Å². The lowest BCUT2D eigenvalue weighted by Crippen LogP contribution is -2.40. The summed E-state index contributed by atoms with van der Waals surface area (Å²) in [7, 11) is -0.358. The molecule has 3 fully saturated rings. The summed E-state index contributed by atoms with van der Waals surface area (Å²) in [4.78, 5) is 25.8. The first kappa shape index (κ1) is 31.0. The van der Waals surface area contributed by atoms with Gasteiger partial charge in [0.15, 0.2) is 5.82 Å². The van der Waals surface area contributed by atoms with E-state index in [-0.39, 0.29) is 28.9 Å². The third-order valence-electron chi connectivity index (χ3n) is 10.3. The number of aryl methyl sites for hydroxylation is 1. The van der Waals surface area contributed by atoms with Crippen LogP contribution in [0.3, 0.4) is 0 Å². The number of aromatic nitrogens is 4. The highest BCUT2D eigenvalue weighted by molar-refractivity contribution is 7.89. The summed E-state index contributed by atoms with van der Waals surface area (Å²) in [6.45, 7) is 2.48. The molecule has 1 amide bonds. The molecule has 11 nitrogen and oxygen atoms in total. The summed E-state index contributed by atoms with van der Waals surface area (Å²) in [6.07, 6.45) is 5.00. The molecule has 250 valence electrons. The number of hydrogen-bond acceptors (Lipinski definition) is 7. The summed E-state index contributed by atoms with van der Waals surface area (Å²) < 4.78 is 52.2. The van der Waals surface area contributed by atoms with Gasteiger partial charge in [-0.25, -0.2) is 27.5 Å². The van der Waals surface area contributed by atoms with E-state index in [1.165, 1.54) is 12.1 Å². The largest absolute Gasteiger partial charge is 0.494 e. The molecule has 5 heterocycles. The highest BCUT2D eigenvalue weighted by Gasteiger charge is 2.47. The molecule has 5 aromatic rings. The Hall–Kier alpha value is -4.33. The number of amides is 1. The summed E-state index contributed by atoms with van der Waals surface area (Å²) >= 11 is 0. The number of hydrogen-bond donors (Lipinski definition) is 2. The molecule has 8 rings (SSSR count). The van der Waals surface area contributed by atoms with Gasteiger partial charge >= 0.3 is 0 Å². The molecule has 48 heavy (non-hydrogen) atoms. The first-order valence-corrected chi connectivity index (χ1v) is 17.9. The molecule has 2 bridgehead atoms. The lowest BCUT2D eigenvalue weighted by Gasteiger charge is -2.23. The minimum absolute atomic E-state index is 0.0141. The smallest absolute Gasteiger partial charge is 0.254 e. The van der Waals surface area contributed by atoms with Crippen LogP contribution in [0.1, 0.15) is 61.1 Å². The van der Waals surface area contributed by atoms with Gasteiger partial charge in [0.2, 0.25) is 10.0 Å². The fourth-order valence-corrected chi connectivity index (χ4v) is 8.82. The van der Waals surface area contributed by atoms with E-state index in [0.717, 1.165) is 73.0 Å². The van der Waals surface area contributed by atoms with E-state index >= 15 is 0 Å². The van der Waals surface area contributed by atoms with Crippen molar-refractivity contribution in [1.29, 1.82) is 0 Å².